The molecule has 3 nitrogen and oxygen atoms in total. The fourth-order valence-corrected chi connectivity index (χ4v) is 1.31. The Kier molecular flexibility index (Phi) is 1.32. The standard InChI is InChI=1S/C9H11NO2/c10-9(1-2-9)6-3-7(11)5-8(12)4-6/h3-5,11-12H,1-2,10H2. The van der Waals surface area contributed by atoms with Gasteiger partial charge >= 0.3 is 0 Å². The molecule has 0 atom stereocenters. The zero-order valence-electron chi connectivity index (χ0n) is 6.62. The van der Waals surface area contributed by atoms with Crippen LogP contribution in [0.4, 0.5) is 0 Å². The van der Waals surface area contributed by atoms with Gasteiger partial charge in [-0.2, -0.15) is 0 Å². The van der Waals surface area contributed by atoms with E-state index in [2.05, 4.69) is 0 Å². The van der Waals surface area contributed by atoms with Crippen molar-refractivity contribution in [2.45, 2.75) is 18.4 Å². The lowest BCUT2D eigenvalue weighted by Gasteiger charge is -2.09. The number of hydrogen-bond acceptors (Lipinski definition) is 3. The summed E-state index contributed by atoms with van der Waals surface area (Å²) in [6, 6.07) is 4.51. The van der Waals surface area contributed by atoms with Gasteiger partial charge in [0.05, 0.1) is 0 Å². The summed E-state index contributed by atoms with van der Waals surface area (Å²) in [6.45, 7) is 0. The van der Waals surface area contributed by atoms with Crippen molar-refractivity contribution in [1.29, 1.82) is 0 Å². The second-order valence-corrected chi connectivity index (χ2v) is 3.39. The van der Waals surface area contributed by atoms with Gasteiger partial charge in [-0.05, 0) is 30.5 Å². The third-order valence-corrected chi connectivity index (χ3v) is 2.27. The maximum atomic E-state index is 9.17. The maximum absolute atomic E-state index is 9.17. The number of aromatic hydroxyl groups is 2. The van der Waals surface area contributed by atoms with Crippen LogP contribution >= 0.6 is 0 Å². The van der Waals surface area contributed by atoms with Gasteiger partial charge in [0, 0.05) is 11.6 Å². The Morgan fingerprint density at radius 3 is 2.00 bits per heavy atom. The minimum Gasteiger partial charge on any atom is -0.508 e. The smallest absolute Gasteiger partial charge is 0.119 e. The van der Waals surface area contributed by atoms with Crippen LogP contribution < -0.4 is 5.73 Å². The van der Waals surface area contributed by atoms with E-state index < -0.39 is 0 Å². The first-order valence-corrected chi connectivity index (χ1v) is 3.93. The second kappa shape index (κ2) is 2.14. The number of phenolic OH excluding ortho intramolecular Hbond substituents is 2. The molecule has 0 radical (unpaired) electrons. The molecule has 1 fully saturated rings. The van der Waals surface area contributed by atoms with Crippen molar-refractivity contribution in [1.82, 2.24) is 0 Å². The molecule has 0 saturated heterocycles. The summed E-state index contributed by atoms with van der Waals surface area (Å²) < 4.78 is 0. The largest absolute Gasteiger partial charge is 0.508 e. The van der Waals surface area contributed by atoms with Gasteiger partial charge in [-0.1, -0.05) is 0 Å². The fraction of sp³-hybridized carbons (Fsp3) is 0.333. The molecule has 1 aromatic rings. The molecule has 0 heterocycles. The van der Waals surface area contributed by atoms with Crippen LogP contribution in [0.25, 0.3) is 0 Å². The molecule has 64 valence electrons. The molecule has 1 aliphatic carbocycles. The molecule has 4 N–H and O–H groups in total. The Morgan fingerprint density at radius 2 is 1.58 bits per heavy atom. The summed E-state index contributed by atoms with van der Waals surface area (Å²) in [6.07, 6.45) is 1.85. The fourth-order valence-electron chi connectivity index (χ4n) is 1.31. The molecule has 0 aromatic heterocycles. The molecule has 2 rings (SSSR count). The van der Waals surface area contributed by atoms with Crippen LogP contribution in [0.1, 0.15) is 18.4 Å². The van der Waals surface area contributed by atoms with Crippen LogP contribution in [-0.4, -0.2) is 10.2 Å². The zero-order valence-corrected chi connectivity index (χ0v) is 6.62. The van der Waals surface area contributed by atoms with Crippen molar-refractivity contribution in [3.63, 3.8) is 0 Å². The van der Waals surface area contributed by atoms with Gasteiger partial charge in [0.2, 0.25) is 0 Å². The number of rotatable bonds is 1. The average molecular weight is 165 g/mol. The highest BCUT2D eigenvalue weighted by Crippen LogP contribution is 2.44. The Morgan fingerprint density at radius 1 is 1.08 bits per heavy atom. The summed E-state index contributed by atoms with van der Waals surface area (Å²) in [4.78, 5) is 0. The van der Waals surface area contributed by atoms with E-state index in [-0.39, 0.29) is 17.0 Å². The van der Waals surface area contributed by atoms with Crippen LogP contribution in [0.15, 0.2) is 18.2 Å². The lowest BCUT2D eigenvalue weighted by molar-refractivity contribution is 0.447. The molecule has 1 aliphatic rings. The lowest BCUT2D eigenvalue weighted by Crippen LogP contribution is -2.18. The first-order chi connectivity index (χ1) is 5.60. The van der Waals surface area contributed by atoms with Gasteiger partial charge in [0.15, 0.2) is 0 Å². The maximum Gasteiger partial charge on any atom is 0.119 e. The van der Waals surface area contributed by atoms with Gasteiger partial charge in [0.1, 0.15) is 11.5 Å². The van der Waals surface area contributed by atoms with E-state index in [1.54, 1.807) is 12.1 Å². The quantitative estimate of drug-likeness (QED) is 0.582. The lowest BCUT2D eigenvalue weighted by atomic mass is 10.1. The second-order valence-electron chi connectivity index (χ2n) is 3.39. The molecule has 0 bridgehead atoms. The first-order valence-electron chi connectivity index (χ1n) is 3.93. The summed E-state index contributed by atoms with van der Waals surface area (Å²) in [5.74, 6) is 0.142. The van der Waals surface area contributed by atoms with E-state index in [1.807, 2.05) is 0 Å². The minimum atomic E-state index is -0.295. The van der Waals surface area contributed by atoms with Gasteiger partial charge in [-0.3, -0.25) is 0 Å². The zero-order chi connectivity index (χ0) is 8.77. The van der Waals surface area contributed by atoms with E-state index >= 15 is 0 Å². The molecule has 0 spiro atoms. The highest BCUT2D eigenvalue weighted by molar-refractivity contribution is 5.42. The van der Waals surface area contributed by atoms with Crippen molar-refractivity contribution in [2.24, 2.45) is 5.73 Å². The van der Waals surface area contributed by atoms with Crippen LogP contribution in [-0.2, 0) is 5.54 Å². The molecular weight excluding hydrogens is 154 g/mol. The summed E-state index contributed by atoms with van der Waals surface area (Å²) >= 11 is 0. The normalized spacial score (nSPS) is 19.1. The number of phenols is 2. The highest BCUT2D eigenvalue weighted by Gasteiger charge is 2.40. The van der Waals surface area contributed by atoms with Crippen molar-refractivity contribution in [3.8, 4) is 11.5 Å². The van der Waals surface area contributed by atoms with Crippen molar-refractivity contribution in [2.75, 3.05) is 0 Å². The number of benzene rings is 1. The van der Waals surface area contributed by atoms with Crippen LogP contribution in [0, 0.1) is 0 Å². The van der Waals surface area contributed by atoms with E-state index in [4.69, 9.17) is 15.9 Å². The van der Waals surface area contributed by atoms with Gasteiger partial charge in [-0.15, -0.1) is 0 Å². The molecule has 0 aliphatic heterocycles. The van der Waals surface area contributed by atoms with Crippen molar-refractivity contribution < 1.29 is 10.2 Å². The summed E-state index contributed by atoms with van der Waals surface area (Å²) in [7, 11) is 0. The topological polar surface area (TPSA) is 66.5 Å². The van der Waals surface area contributed by atoms with E-state index in [9.17, 15) is 0 Å². The van der Waals surface area contributed by atoms with Crippen LogP contribution in [0.3, 0.4) is 0 Å². The minimum absolute atomic E-state index is 0.0710. The molecule has 12 heavy (non-hydrogen) atoms. The van der Waals surface area contributed by atoms with E-state index in [0.29, 0.717) is 0 Å². The monoisotopic (exact) mass is 165 g/mol. The number of hydrogen-bond donors (Lipinski definition) is 3. The highest BCUT2D eigenvalue weighted by atomic mass is 16.3. The number of nitrogens with two attached hydrogens (primary N) is 1. The first kappa shape index (κ1) is 7.43. The SMILES string of the molecule is NC1(c2cc(O)cc(O)c2)CC1. The van der Waals surface area contributed by atoms with E-state index in [0.717, 1.165) is 18.4 Å². The third kappa shape index (κ3) is 1.12. The molecule has 0 unspecified atom stereocenters. The Labute approximate surface area is 70.4 Å². The summed E-state index contributed by atoms with van der Waals surface area (Å²) in [5.41, 5.74) is 6.41. The van der Waals surface area contributed by atoms with Gasteiger partial charge in [-0.25, -0.2) is 0 Å². The Balaban J connectivity index is 2.44. The van der Waals surface area contributed by atoms with Crippen LogP contribution in [0.2, 0.25) is 0 Å². The van der Waals surface area contributed by atoms with Crippen LogP contribution in [0.5, 0.6) is 11.5 Å². The van der Waals surface area contributed by atoms with Crippen molar-refractivity contribution in [3.05, 3.63) is 23.8 Å². The Hall–Kier alpha value is -1.22. The Bertz CT molecular complexity index is 298. The van der Waals surface area contributed by atoms with Crippen molar-refractivity contribution >= 4 is 0 Å². The molecular formula is C9H11NO2. The molecule has 0 amide bonds. The summed E-state index contributed by atoms with van der Waals surface area (Å²) in [5, 5.41) is 18.3. The van der Waals surface area contributed by atoms with E-state index in [1.165, 1.54) is 6.07 Å². The predicted octanol–water partition coefficient (Wildman–Crippen LogP) is 1.05. The molecule has 1 aromatic carbocycles. The predicted molar refractivity (Wildman–Crippen MR) is 44.9 cm³/mol. The molecule has 1 saturated carbocycles. The van der Waals surface area contributed by atoms with Gasteiger partial charge < -0.3 is 15.9 Å². The van der Waals surface area contributed by atoms with Gasteiger partial charge in [0.25, 0.3) is 0 Å². The average Bonchev–Trinajstić information content (AvgIpc) is 2.67. The molecule has 3 heteroatoms. The third-order valence-electron chi connectivity index (χ3n) is 2.27.